The van der Waals surface area contributed by atoms with Gasteiger partial charge >= 0.3 is 0 Å². The molecule has 2 fully saturated rings. The summed E-state index contributed by atoms with van der Waals surface area (Å²) in [6.07, 6.45) is 7.33. The second-order valence-electron chi connectivity index (χ2n) is 8.43. The highest BCUT2D eigenvalue weighted by Gasteiger charge is 2.34. The second kappa shape index (κ2) is 11.7. The molecule has 26 heavy (non-hydrogen) atoms. The molecule has 1 saturated heterocycles. The third-order valence-electron chi connectivity index (χ3n) is 6.30. The van der Waals surface area contributed by atoms with E-state index in [2.05, 4.69) is 50.4 Å². The molecule has 2 aliphatic rings. The van der Waals surface area contributed by atoms with Crippen LogP contribution in [0, 0.1) is 11.8 Å². The summed E-state index contributed by atoms with van der Waals surface area (Å²) in [5.41, 5.74) is 0.135. The lowest BCUT2D eigenvalue weighted by Gasteiger charge is -2.42. The van der Waals surface area contributed by atoms with Crippen LogP contribution in [0.15, 0.2) is 4.99 Å². The number of nitrogens with one attached hydrogen (secondary N) is 2. The third kappa shape index (κ3) is 6.82. The maximum absolute atomic E-state index is 5.57. The Kier molecular flexibility index (Phi) is 10.8. The van der Waals surface area contributed by atoms with Crippen LogP contribution in [0.5, 0.6) is 0 Å². The number of rotatable bonds is 6. The molecule has 2 N–H and O–H groups in total. The van der Waals surface area contributed by atoms with Crippen molar-refractivity contribution in [1.29, 1.82) is 0 Å². The van der Waals surface area contributed by atoms with E-state index in [0.717, 1.165) is 56.9 Å². The highest BCUT2D eigenvalue weighted by molar-refractivity contribution is 14.0. The van der Waals surface area contributed by atoms with Gasteiger partial charge in [0, 0.05) is 31.3 Å². The summed E-state index contributed by atoms with van der Waals surface area (Å²) in [7, 11) is 4.35. The number of guanidine groups is 1. The van der Waals surface area contributed by atoms with E-state index >= 15 is 0 Å². The average molecular weight is 480 g/mol. The maximum atomic E-state index is 5.57. The summed E-state index contributed by atoms with van der Waals surface area (Å²) < 4.78 is 5.57. The number of ether oxygens (including phenoxy) is 1. The van der Waals surface area contributed by atoms with E-state index < -0.39 is 0 Å². The first kappa shape index (κ1) is 24.0. The fraction of sp³-hybridized carbons (Fsp3) is 0.950. The summed E-state index contributed by atoms with van der Waals surface area (Å²) in [5.74, 6) is 2.70. The SMILES string of the molecule is CCNC(=NCC1(N(C)C)CCOCC1)NC1CCC(C(C)C)CC1.I. The Bertz CT molecular complexity index is 414. The van der Waals surface area contributed by atoms with Crippen molar-refractivity contribution in [2.45, 2.75) is 70.9 Å². The van der Waals surface area contributed by atoms with Gasteiger partial charge in [-0.05, 0) is 71.4 Å². The van der Waals surface area contributed by atoms with Crippen molar-refractivity contribution in [2.75, 3.05) is 40.4 Å². The van der Waals surface area contributed by atoms with Crippen LogP contribution in [0.3, 0.4) is 0 Å². The Balaban J connectivity index is 0.00000338. The number of likely N-dealkylation sites (N-methyl/N-ethyl adjacent to an activating group) is 1. The van der Waals surface area contributed by atoms with Gasteiger partial charge < -0.3 is 20.3 Å². The van der Waals surface area contributed by atoms with E-state index in [1.54, 1.807) is 0 Å². The van der Waals surface area contributed by atoms with E-state index in [0.29, 0.717) is 6.04 Å². The summed E-state index contributed by atoms with van der Waals surface area (Å²) in [6.45, 7) is 10.3. The fourth-order valence-electron chi connectivity index (χ4n) is 4.17. The lowest BCUT2D eigenvalue weighted by Crippen LogP contribution is -2.52. The molecule has 0 atom stereocenters. The zero-order valence-electron chi connectivity index (χ0n) is 17.5. The van der Waals surface area contributed by atoms with Gasteiger partial charge in [-0.25, -0.2) is 0 Å². The molecule has 0 amide bonds. The Morgan fingerprint density at radius 2 is 1.77 bits per heavy atom. The average Bonchev–Trinajstić information content (AvgIpc) is 2.61. The van der Waals surface area contributed by atoms with Crippen molar-refractivity contribution in [3.05, 3.63) is 0 Å². The van der Waals surface area contributed by atoms with Crippen LogP contribution in [0.1, 0.15) is 59.3 Å². The van der Waals surface area contributed by atoms with Gasteiger partial charge in [0.05, 0.1) is 6.54 Å². The van der Waals surface area contributed by atoms with Crippen molar-refractivity contribution in [1.82, 2.24) is 15.5 Å². The normalized spacial score (nSPS) is 26.5. The van der Waals surface area contributed by atoms with Gasteiger partial charge in [0.1, 0.15) is 0 Å². The molecule has 0 unspecified atom stereocenters. The monoisotopic (exact) mass is 480 g/mol. The van der Waals surface area contributed by atoms with Crippen LogP contribution in [0.4, 0.5) is 0 Å². The highest BCUT2D eigenvalue weighted by atomic mass is 127. The molecule has 1 aliphatic carbocycles. The minimum Gasteiger partial charge on any atom is -0.381 e. The molecule has 5 nitrogen and oxygen atoms in total. The predicted octanol–water partition coefficient (Wildman–Crippen LogP) is 3.49. The van der Waals surface area contributed by atoms with Gasteiger partial charge in [-0.3, -0.25) is 4.99 Å². The Hall–Kier alpha value is -0.0800. The smallest absolute Gasteiger partial charge is 0.191 e. The standard InChI is InChI=1S/C20H40N4O.HI/c1-6-21-19(23-18-9-7-17(8-10-18)16(2)3)22-15-20(24(4)5)11-13-25-14-12-20;/h16-18H,6-15H2,1-5H3,(H2,21,22,23);1H. The lowest BCUT2D eigenvalue weighted by atomic mass is 9.80. The molecule has 1 aliphatic heterocycles. The maximum Gasteiger partial charge on any atom is 0.191 e. The first-order chi connectivity index (χ1) is 12.0. The summed E-state index contributed by atoms with van der Waals surface area (Å²) in [6, 6.07) is 0.567. The van der Waals surface area contributed by atoms with Gasteiger partial charge in [0.15, 0.2) is 5.96 Å². The zero-order valence-corrected chi connectivity index (χ0v) is 19.8. The molecular weight excluding hydrogens is 439 g/mol. The molecule has 1 heterocycles. The minimum atomic E-state index is 0. The van der Waals surface area contributed by atoms with Crippen molar-refractivity contribution in [3.8, 4) is 0 Å². The van der Waals surface area contributed by atoms with Crippen LogP contribution in [-0.2, 0) is 4.74 Å². The lowest BCUT2D eigenvalue weighted by molar-refractivity contribution is -0.00256. The van der Waals surface area contributed by atoms with E-state index in [1.807, 2.05) is 0 Å². The predicted molar refractivity (Wildman–Crippen MR) is 122 cm³/mol. The van der Waals surface area contributed by atoms with Crippen molar-refractivity contribution in [3.63, 3.8) is 0 Å². The molecule has 0 aromatic carbocycles. The van der Waals surface area contributed by atoms with Crippen LogP contribution in [0.2, 0.25) is 0 Å². The fourth-order valence-corrected chi connectivity index (χ4v) is 4.17. The largest absolute Gasteiger partial charge is 0.381 e. The summed E-state index contributed by atoms with van der Waals surface area (Å²) >= 11 is 0. The topological polar surface area (TPSA) is 48.9 Å². The van der Waals surface area contributed by atoms with Gasteiger partial charge in [0.25, 0.3) is 0 Å². The minimum absolute atomic E-state index is 0. The van der Waals surface area contributed by atoms with E-state index in [4.69, 9.17) is 9.73 Å². The quantitative estimate of drug-likeness (QED) is 0.347. The zero-order chi connectivity index (χ0) is 18.3. The van der Waals surface area contributed by atoms with E-state index in [9.17, 15) is 0 Å². The van der Waals surface area contributed by atoms with Crippen LogP contribution < -0.4 is 10.6 Å². The number of nitrogens with zero attached hydrogens (tertiary/aromatic N) is 2. The molecule has 0 bridgehead atoms. The summed E-state index contributed by atoms with van der Waals surface area (Å²) in [4.78, 5) is 7.32. The molecule has 6 heteroatoms. The van der Waals surface area contributed by atoms with E-state index in [1.165, 1.54) is 25.7 Å². The first-order valence-electron chi connectivity index (χ1n) is 10.3. The van der Waals surface area contributed by atoms with Gasteiger partial charge in [-0.2, -0.15) is 0 Å². The second-order valence-corrected chi connectivity index (χ2v) is 8.43. The molecule has 0 spiro atoms. The number of hydrogen-bond acceptors (Lipinski definition) is 3. The van der Waals surface area contributed by atoms with Crippen LogP contribution >= 0.6 is 24.0 Å². The van der Waals surface area contributed by atoms with Crippen LogP contribution in [0.25, 0.3) is 0 Å². The number of aliphatic imine (C=N–C) groups is 1. The van der Waals surface area contributed by atoms with Crippen LogP contribution in [-0.4, -0.2) is 62.8 Å². The Morgan fingerprint density at radius 1 is 1.15 bits per heavy atom. The molecule has 0 aromatic rings. The van der Waals surface area contributed by atoms with Crippen molar-refractivity contribution >= 4 is 29.9 Å². The summed E-state index contributed by atoms with van der Waals surface area (Å²) in [5, 5.41) is 7.15. The molecule has 1 saturated carbocycles. The van der Waals surface area contributed by atoms with Gasteiger partial charge in [-0.1, -0.05) is 13.8 Å². The molecule has 0 aromatic heterocycles. The third-order valence-corrected chi connectivity index (χ3v) is 6.30. The van der Waals surface area contributed by atoms with E-state index in [-0.39, 0.29) is 29.5 Å². The molecular formula is C20H41IN4O. The van der Waals surface area contributed by atoms with Crippen molar-refractivity contribution < 1.29 is 4.74 Å². The number of halogens is 1. The Morgan fingerprint density at radius 3 is 2.27 bits per heavy atom. The number of hydrogen-bond donors (Lipinski definition) is 2. The molecule has 2 rings (SSSR count). The first-order valence-corrected chi connectivity index (χ1v) is 10.3. The van der Waals surface area contributed by atoms with Crippen molar-refractivity contribution in [2.24, 2.45) is 16.8 Å². The molecule has 154 valence electrons. The highest BCUT2D eigenvalue weighted by Crippen LogP contribution is 2.30. The van der Waals surface area contributed by atoms with Gasteiger partial charge in [-0.15, -0.1) is 24.0 Å². The Labute approximate surface area is 178 Å². The molecule has 0 radical (unpaired) electrons. The van der Waals surface area contributed by atoms with Gasteiger partial charge in [0.2, 0.25) is 0 Å².